The number of nitrogens with one attached hydrogen (secondary N) is 1. The molecule has 0 aliphatic heterocycles. The Hall–Kier alpha value is -0.840. The van der Waals surface area contributed by atoms with Gasteiger partial charge >= 0.3 is 0 Å². The second-order valence-electron chi connectivity index (χ2n) is 5.74. The minimum absolute atomic E-state index is 0.0608. The van der Waals surface area contributed by atoms with E-state index in [1.807, 2.05) is 0 Å². The zero-order chi connectivity index (χ0) is 13.3. The second-order valence-corrected chi connectivity index (χ2v) is 6.98. The molecule has 1 N–H and O–H groups in total. The quantitative estimate of drug-likeness (QED) is 0.803. The molecule has 0 amide bonds. The summed E-state index contributed by atoms with van der Waals surface area (Å²) in [6, 6.07) is 6.29. The first-order valence-corrected chi connectivity index (χ1v) is 7.20. The molecule has 0 saturated carbocycles. The Bertz CT molecular complexity index is 517. The van der Waals surface area contributed by atoms with E-state index in [9.17, 15) is 4.79 Å². The van der Waals surface area contributed by atoms with Crippen molar-refractivity contribution >= 4 is 34.1 Å². The van der Waals surface area contributed by atoms with Crippen molar-refractivity contribution in [2.45, 2.75) is 33.6 Å². The number of rotatable bonds is 2. The Morgan fingerprint density at radius 2 is 2.00 bits per heavy atom. The largest absolute Gasteiger partial charge is 0.359 e. The predicted octanol–water partition coefficient (Wildman–Crippen LogP) is 4.28. The highest BCUT2D eigenvalue weighted by Crippen LogP contribution is 2.34. The van der Waals surface area contributed by atoms with E-state index in [-0.39, 0.29) is 11.2 Å². The maximum absolute atomic E-state index is 11.7. The van der Waals surface area contributed by atoms with E-state index in [1.54, 1.807) is 6.08 Å². The topological polar surface area (TPSA) is 29.1 Å². The average molecular weight is 355 g/mol. The monoisotopic (exact) mass is 355 g/mol. The standard InChI is InChI=1S/C15H18INO/c1-10-6-11(16)4-5-14(10)17-12-7-13(18)9-15(2,3)8-12/h4-7,17H,8-9H2,1-3H3. The molecule has 2 nitrogen and oxygen atoms in total. The van der Waals surface area contributed by atoms with Gasteiger partial charge < -0.3 is 5.32 Å². The molecule has 0 unspecified atom stereocenters. The molecule has 0 aromatic heterocycles. The van der Waals surface area contributed by atoms with Crippen LogP contribution in [-0.4, -0.2) is 5.78 Å². The molecule has 1 aromatic carbocycles. The fourth-order valence-electron chi connectivity index (χ4n) is 2.37. The number of ketones is 1. The number of carbonyl (C=O) groups excluding carboxylic acids is 1. The third-order valence-electron chi connectivity index (χ3n) is 3.14. The van der Waals surface area contributed by atoms with Gasteiger partial charge in [0, 0.05) is 27.5 Å². The summed E-state index contributed by atoms with van der Waals surface area (Å²) in [7, 11) is 0. The van der Waals surface area contributed by atoms with Crippen LogP contribution in [0.1, 0.15) is 32.3 Å². The molecule has 1 aliphatic rings. The lowest BCUT2D eigenvalue weighted by molar-refractivity contribution is -0.117. The number of carbonyl (C=O) groups is 1. The molecule has 0 atom stereocenters. The van der Waals surface area contributed by atoms with Gasteiger partial charge in [0.25, 0.3) is 0 Å². The first kappa shape index (κ1) is 13.6. The predicted molar refractivity (Wildman–Crippen MR) is 83.6 cm³/mol. The van der Waals surface area contributed by atoms with Gasteiger partial charge in [-0.3, -0.25) is 4.79 Å². The zero-order valence-electron chi connectivity index (χ0n) is 11.0. The van der Waals surface area contributed by atoms with Crippen molar-refractivity contribution in [2.75, 3.05) is 5.32 Å². The van der Waals surface area contributed by atoms with E-state index in [4.69, 9.17) is 0 Å². The molecule has 96 valence electrons. The Labute approximate surface area is 122 Å². The number of hydrogen-bond donors (Lipinski definition) is 1. The Balaban J connectivity index is 2.21. The number of allylic oxidation sites excluding steroid dienone is 2. The van der Waals surface area contributed by atoms with Crippen LogP contribution in [0.15, 0.2) is 30.0 Å². The van der Waals surface area contributed by atoms with Gasteiger partial charge in [-0.1, -0.05) is 13.8 Å². The molecule has 0 radical (unpaired) electrons. The fraction of sp³-hybridized carbons (Fsp3) is 0.400. The maximum atomic E-state index is 11.7. The highest BCUT2D eigenvalue weighted by Gasteiger charge is 2.27. The van der Waals surface area contributed by atoms with E-state index in [1.165, 1.54) is 9.13 Å². The molecule has 1 aromatic rings. The summed E-state index contributed by atoms with van der Waals surface area (Å²) in [5.41, 5.74) is 3.39. The van der Waals surface area contributed by atoms with E-state index in [0.29, 0.717) is 6.42 Å². The van der Waals surface area contributed by atoms with Crippen molar-refractivity contribution in [1.82, 2.24) is 0 Å². The molecule has 18 heavy (non-hydrogen) atoms. The van der Waals surface area contributed by atoms with Crippen molar-refractivity contribution < 1.29 is 4.79 Å². The van der Waals surface area contributed by atoms with Gasteiger partial charge in [0.05, 0.1) is 0 Å². The Kier molecular flexibility index (Phi) is 3.80. The minimum Gasteiger partial charge on any atom is -0.359 e. The van der Waals surface area contributed by atoms with Crippen LogP contribution in [0.2, 0.25) is 0 Å². The van der Waals surface area contributed by atoms with Crippen LogP contribution in [0.3, 0.4) is 0 Å². The minimum atomic E-state index is 0.0608. The number of hydrogen-bond acceptors (Lipinski definition) is 2. The molecule has 0 bridgehead atoms. The van der Waals surface area contributed by atoms with Gasteiger partial charge in [0.1, 0.15) is 0 Å². The fourth-order valence-corrected chi connectivity index (χ4v) is 3.01. The van der Waals surface area contributed by atoms with Gasteiger partial charge in [-0.2, -0.15) is 0 Å². The average Bonchev–Trinajstić information content (AvgIpc) is 2.19. The third-order valence-corrected chi connectivity index (χ3v) is 3.81. The molecule has 1 aliphatic carbocycles. The summed E-state index contributed by atoms with van der Waals surface area (Å²) in [6.07, 6.45) is 3.32. The summed E-state index contributed by atoms with van der Waals surface area (Å²) < 4.78 is 1.23. The van der Waals surface area contributed by atoms with Crippen LogP contribution in [0.4, 0.5) is 5.69 Å². The molecule has 0 fully saturated rings. The SMILES string of the molecule is Cc1cc(I)ccc1NC1=CC(=O)CC(C)(C)C1. The summed E-state index contributed by atoms with van der Waals surface area (Å²) in [6.45, 7) is 6.36. The summed E-state index contributed by atoms with van der Waals surface area (Å²) in [5.74, 6) is 0.219. The van der Waals surface area contributed by atoms with Crippen LogP contribution in [0, 0.1) is 15.9 Å². The van der Waals surface area contributed by atoms with Gasteiger partial charge in [-0.05, 0) is 65.1 Å². The van der Waals surface area contributed by atoms with Crippen LogP contribution in [0.5, 0.6) is 0 Å². The molecule has 2 rings (SSSR count). The lowest BCUT2D eigenvalue weighted by Crippen LogP contribution is -2.24. The lowest BCUT2D eigenvalue weighted by Gasteiger charge is -2.29. The van der Waals surface area contributed by atoms with Gasteiger partial charge in [-0.15, -0.1) is 0 Å². The van der Waals surface area contributed by atoms with Gasteiger partial charge in [0.2, 0.25) is 0 Å². The van der Waals surface area contributed by atoms with E-state index >= 15 is 0 Å². The van der Waals surface area contributed by atoms with Crippen molar-refractivity contribution in [3.05, 3.63) is 39.1 Å². The Morgan fingerprint density at radius 1 is 1.28 bits per heavy atom. The third kappa shape index (κ3) is 3.34. The summed E-state index contributed by atoms with van der Waals surface area (Å²) in [5, 5.41) is 3.40. The molecular formula is C15H18INO. The number of anilines is 1. The van der Waals surface area contributed by atoms with E-state index in [0.717, 1.165) is 17.8 Å². The zero-order valence-corrected chi connectivity index (χ0v) is 13.2. The highest BCUT2D eigenvalue weighted by atomic mass is 127. The second kappa shape index (κ2) is 5.03. The van der Waals surface area contributed by atoms with Crippen molar-refractivity contribution in [2.24, 2.45) is 5.41 Å². The van der Waals surface area contributed by atoms with Crippen molar-refractivity contribution in [1.29, 1.82) is 0 Å². The number of halogens is 1. The molecular weight excluding hydrogens is 337 g/mol. The van der Waals surface area contributed by atoms with Crippen molar-refractivity contribution in [3.63, 3.8) is 0 Å². The first-order valence-electron chi connectivity index (χ1n) is 6.12. The maximum Gasteiger partial charge on any atom is 0.157 e. The van der Waals surface area contributed by atoms with E-state index in [2.05, 4.69) is 66.9 Å². The van der Waals surface area contributed by atoms with E-state index < -0.39 is 0 Å². The van der Waals surface area contributed by atoms with Crippen LogP contribution in [0.25, 0.3) is 0 Å². The molecule has 3 heteroatoms. The summed E-state index contributed by atoms with van der Waals surface area (Å²) in [4.78, 5) is 11.7. The van der Waals surface area contributed by atoms with Crippen LogP contribution < -0.4 is 5.32 Å². The van der Waals surface area contributed by atoms with Gasteiger partial charge in [-0.25, -0.2) is 0 Å². The number of aryl methyl sites for hydroxylation is 1. The normalized spacial score (nSPS) is 18.4. The lowest BCUT2D eigenvalue weighted by atomic mass is 9.79. The summed E-state index contributed by atoms with van der Waals surface area (Å²) >= 11 is 2.31. The highest BCUT2D eigenvalue weighted by molar-refractivity contribution is 14.1. The Morgan fingerprint density at radius 3 is 2.61 bits per heavy atom. The number of benzene rings is 1. The van der Waals surface area contributed by atoms with Crippen molar-refractivity contribution in [3.8, 4) is 0 Å². The molecule has 0 spiro atoms. The molecule has 0 saturated heterocycles. The molecule has 0 heterocycles. The smallest absolute Gasteiger partial charge is 0.157 e. The van der Waals surface area contributed by atoms with Gasteiger partial charge in [0.15, 0.2) is 5.78 Å². The first-order chi connectivity index (χ1) is 8.35. The van der Waals surface area contributed by atoms with Crippen LogP contribution >= 0.6 is 22.6 Å². The van der Waals surface area contributed by atoms with Crippen LogP contribution in [-0.2, 0) is 4.79 Å².